The lowest BCUT2D eigenvalue weighted by atomic mass is 10.0. The van der Waals surface area contributed by atoms with Crippen molar-refractivity contribution in [2.45, 2.75) is 52.0 Å². The molecule has 0 bridgehead atoms. The highest BCUT2D eigenvalue weighted by atomic mass is 16.5. The minimum atomic E-state index is -0.797. The van der Waals surface area contributed by atoms with Gasteiger partial charge in [0.05, 0.1) is 26.9 Å². The molecule has 1 amide bonds. The van der Waals surface area contributed by atoms with E-state index in [1.165, 1.54) is 21.3 Å². The molecule has 7 nitrogen and oxygen atoms in total. The fourth-order valence-electron chi connectivity index (χ4n) is 2.88. The van der Waals surface area contributed by atoms with Crippen LogP contribution in [0.25, 0.3) is 0 Å². The lowest BCUT2D eigenvalue weighted by Gasteiger charge is -2.36. The van der Waals surface area contributed by atoms with Crippen LogP contribution in [0.2, 0.25) is 0 Å². The summed E-state index contributed by atoms with van der Waals surface area (Å²) in [5, 5.41) is 8.74. The number of hydrogen-bond acceptors (Lipinski definition) is 5. The number of carboxylic acids is 1. The Bertz CT molecular complexity index is 651. The number of methoxy groups -OCH3 is 3. The molecule has 0 aromatic heterocycles. The number of hydrogen-bond donors (Lipinski definition) is 1. The maximum absolute atomic E-state index is 13.3. The summed E-state index contributed by atoms with van der Waals surface area (Å²) < 4.78 is 16.1. The van der Waals surface area contributed by atoms with Gasteiger partial charge in [0, 0.05) is 18.5 Å². The maximum Gasteiger partial charge on any atom is 0.303 e. The molecule has 1 rings (SSSR count). The quantitative estimate of drug-likeness (QED) is 0.623. The summed E-state index contributed by atoms with van der Waals surface area (Å²) in [4.78, 5) is 25.7. The molecule has 0 aliphatic carbocycles. The lowest BCUT2D eigenvalue weighted by molar-refractivity contribution is -0.137. The van der Waals surface area contributed by atoms with Crippen molar-refractivity contribution in [2.24, 2.45) is 0 Å². The van der Waals surface area contributed by atoms with Gasteiger partial charge in [-0.25, -0.2) is 0 Å². The van der Waals surface area contributed by atoms with Crippen LogP contribution in [0.15, 0.2) is 12.1 Å². The summed E-state index contributed by atoms with van der Waals surface area (Å²) in [6, 6.07) is 3.36. The van der Waals surface area contributed by atoms with E-state index in [1.54, 1.807) is 17.0 Å². The van der Waals surface area contributed by atoms with E-state index in [0.717, 1.165) is 12.8 Å². The normalized spacial score (nSPS) is 11.0. The Kier molecular flexibility index (Phi) is 8.40. The average molecular weight is 381 g/mol. The van der Waals surface area contributed by atoms with Gasteiger partial charge in [0.1, 0.15) is 0 Å². The molecule has 0 spiro atoms. The van der Waals surface area contributed by atoms with Crippen LogP contribution >= 0.6 is 0 Å². The first-order valence-corrected chi connectivity index (χ1v) is 9.00. The molecular formula is C20H31NO6. The van der Waals surface area contributed by atoms with Crippen molar-refractivity contribution in [1.29, 1.82) is 0 Å². The van der Waals surface area contributed by atoms with Crippen LogP contribution in [0.4, 0.5) is 0 Å². The van der Waals surface area contributed by atoms with Crippen LogP contribution in [0, 0.1) is 0 Å². The van der Waals surface area contributed by atoms with Crippen molar-refractivity contribution in [2.75, 3.05) is 27.9 Å². The SMILES string of the molecule is COc1ccc(C(=O)N(CCCCCC(=O)O)C(C)(C)C)c(OC)c1OC. The molecule has 27 heavy (non-hydrogen) atoms. The monoisotopic (exact) mass is 381 g/mol. The Morgan fingerprint density at radius 2 is 1.59 bits per heavy atom. The van der Waals surface area contributed by atoms with Crippen molar-refractivity contribution >= 4 is 11.9 Å². The Labute approximate surface area is 161 Å². The van der Waals surface area contributed by atoms with Crippen molar-refractivity contribution in [3.8, 4) is 17.2 Å². The third-order valence-electron chi connectivity index (χ3n) is 4.26. The van der Waals surface area contributed by atoms with Crippen LogP contribution < -0.4 is 14.2 Å². The number of rotatable bonds is 10. The van der Waals surface area contributed by atoms with E-state index in [4.69, 9.17) is 19.3 Å². The van der Waals surface area contributed by atoms with Crippen LogP contribution in [-0.4, -0.2) is 55.3 Å². The molecule has 0 fully saturated rings. The Morgan fingerprint density at radius 3 is 2.07 bits per heavy atom. The Morgan fingerprint density at radius 1 is 0.963 bits per heavy atom. The molecule has 1 aromatic rings. The highest BCUT2D eigenvalue weighted by Crippen LogP contribution is 2.40. The predicted molar refractivity (Wildman–Crippen MR) is 103 cm³/mol. The van der Waals surface area contributed by atoms with E-state index >= 15 is 0 Å². The number of ether oxygens (including phenoxy) is 3. The Hall–Kier alpha value is -2.44. The molecule has 152 valence electrons. The second-order valence-electron chi connectivity index (χ2n) is 7.21. The third-order valence-corrected chi connectivity index (χ3v) is 4.26. The van der Waals surface area contributed by atoms with Crippen LogP contribution in [-0.2, 0) is 4.79 Å². The number of carbonyl (C=O) groups is 2. The number of nitrogens with zero attached hydrogens (tertiary/aromatic N) is 1. The highest BCUT2D eigenvalue weighted by Gasteiger charge is 2.30. The fraction of sp³-hybridized carbons (Fsp3) is 0.600. The second kappa shape index (κ2) is 10.0. The molecule has 0 aliphatic heterocycles. The topological polar surface area (TPSA) is 85.3 Å². The largest absolute Gasteiger partial charge is 0.493 e. The molecule has 0 unspecified atom stereocenters. The van der Waals surface area contributed by atoms with Gasteiger partial charge in [-0.15, -0.1) is 0 Å². The number of aliphatic carboxylic acids is 1. The van der Waals surface area contributed by atoms with Gasteiger partial charge < -0.3 is 24.2 Å². The first kappa shape index (κ1) is 22.6. The van der Waals surface area contributed by atoms with Gasteiger partial charge in [-0.1, -0.05) is 6.42 Å². The van der Waals surface area contributed by atoms with Gasteiger partial charge in [0.2, 0.25) is 5.75 Å². The van der Waals surface area contributed by atoms with Crippen LogP contribution in [0.3, 0.4) is 0 Å². The molecule has 0 atom stereocenters. The van der Waals surface area contributed by atoms with Gasteiger partial charge in [0.15, 0.2) is 11.5 Å². The summed E-state index contributed by atoms with van der Waals surface area (Å²) in [6.07, 6.45) is 2.22. The molecule has 7 heteroatoms. The first-order chi connectivity index (χ1) is 12.7. The van der Waals surface area contributed by atoms with E-state index in [2.05, 4.69) is 0 Å². The molecule has 0 saturated carbocycles. The molecule has 0 saturated heterocycles. The second-order valence-corrected chi connectivity index (χ2v) is 7.21. The van der Waals surface area contributed by atoms with Crippen molar-refractivity contribution in [3.05, 3.63) is 17.7 Å². The maximum atomic E-state index is 13.3. The summed E-state index contributed by atoms with van der Waals surface area (Å²) in [6.45, 7) is 6.43. The summed E-state index contributed by atoms with van der Waals surface area (Å²) in [5.41, 5.74) is -0.00202. The van der Waals surface area contributed by atoms with Gasteiger partial charge in [-0.05, 0) is 45.7 Å². The van der Waals surface area contributed by atoms with Crippen LogP contribution in [0.5, 0.6) is 17.2 Å². The zero-order valence-corrected chi connectivity index (χ0v) is 17.1. The number of carboxylic acid groups (broad SMARTS) is 1. The number of carbonyl (C=O) groups excluding carboxylic acids is 1. The number of amides is 1. The fourth-order valence-corrected chi connectivity index (χ4v) is 2.88. The Balaban J connectivity index is 3.07. The van der Waals surface area contributed by atoms with Crippen molar-refractivity contribution < 1.29 is 28.9 Å². The lowest BCUT2D eigenvalue weighted by Crippen LogP contribution is -2.46. The van der Waals surface area contributed by atoms with E-state index in [-0.39, 0.29) is 12.3 Å². The summed E-state index contributed by atoms with van der Waals surface area (Å²) in [7, 11) is 4.51. The molecule has 0 aliphatic rings. The zero-order chi connectivity index (χ0) is 20.6. The highest BCUT2D eigenvalue weighted by molar-refractivity contribution is 5.98. The van der Waals surface area contributed by atoms with Gasteiger partial charge in [-0.3, -0.25) is 9.59 Å². The molecule has 1 N–H and O–H groups in total. The first-order valence-electron chi connectivity index (χ1n) is 9.00. The minimum absolute atomic E-state index is 0.146. The smallest absolute Gasteiger partial charge is 0.303 e. The molecule has 1 aromatic carbocycles. The molecule has 0 radical (unpaired) electrons. The average Bonchev–Trinajstić information content (AvgIpc) is 2.61. The van der Waals surface area contributed by atoms with E-state index < -0.39 is 11.5 Å². The van der Waals surface area contributed by atoms with Gasteiger partial charge >= 0.3 is 5.97 Å². The van der Waals surface area contributed by atoms with Gasteiger partial charge in [-0.2, -0.15) is 0 Å². The van der Waals surface area contributed by atoms with Crippen molar-refractivity contribution in [1.82, 2.24) is 4.90 Å². The summed E-state index contributed by atoms with van der Waals surface area (Å²) in [5.74, 6) is 0.234. The van der Waals surface area contributed by atoms with E-state index in [0.29, 0.717) is 35.8 Å². The zero-order valence-electron chi connectivity index (χ0n) is 17.1. The standard InChI is InChI=1S/C20H31NO6/c1-20(2,3)21(13-9-7-8-10-16(22)23)19(24)14-11-12-15(25-4)18(27-6)17(14)26-5/h11-12H,7-10,13H2,1-6H3,(H,22,23). The minimum Gasteiger partial charge on any atom is -0.493 e. The van der Waals surface area contributed by atoms with E-state index in [1.807, 2.05) is 20.8 Å². The third kappa shape index (κ3) is 6.05. The van der Waals surface area contributed by atoms with Crippen LogP contribution in [0.1, 0.15) is 56.8 Å². The molecule has 0 heterocycles. The van der Waals surface area contributed by atoms with Crippen molar-refractivity contribution in [3.63, 3.8) is 0 Å². The van der Waals surface area contributed by atoms with E-state index in [9.17, 15) is 9.59 Å². The summed E-state index contributed by atoms with van der Waals surface area (Å²) >= 11 is 0. The predicted octanol–water partition coefficient (Wildman–Crippen LogP) is 3.60. The van der Waals surface area contributed by atoms with Gasteiger partial charge in [0.25, 0.3) is 5.91 Å². The number of unbranched alkanes of at least 4 members (excludes halogenated alkanes) is 2. The number of benzene rings is 1. The molecular weight excluding hydrogens is 350 g/mol.